The summed E-state index contributed by atoms with van der Waals surface area (Å²) in [4.78, 5) is 22.3. The van der Waals surface area contributed by atoms with Crippen molar-refractivity contribution in [1.82, 2.24) is 4.90 Å². The summed E-state index contributed by atoms with van der Waals surface area (Å²) >= 11 is 0. The van der Waals surface area contributed by atoms with Crippen LogP contribution in [0.15, 0.2) is 0 Å². The molecule has 1 aliphatic heterocycles. The average molecular weight is 460 g/mol. The van der Waals surface area contributed by atoms with Crippen molar-refractivity contribution in [2.45, 2.75) is 63.7 Å². The highest BCUT2D eigenvalue weighted by Crippen LogP contribution is 2.24. The van der Waals surface area contributed by atoms with Crippen LogP contribution in [0, 0.1) is 20.2 Å². The van der Waals surface area contributed by atoms with Gasteiger partial charge in [-0.05, 0) is 20.8 Å². The Bertz CT molecular complexity index is 549. The standard InChI is InChI=1S/C9H18N2O4.C8H17N2O4.ClH/c1-8(2,3)10-4-9(5-12,11(13)14)6-15-7-10;1-7(2,3)9-4-8(5-11,6-12)10(13)14;/h12H,4-7H2,1-3H3;11-12H,4-6H2,1-3H3;1H/q;-1;. The van der Waals surface area contributed by atoms with Crippen LogP contribution in [0.2, 0.25) is 0 Å². The molecule has 1 atom stereocenters. The van der Waals surface area contributed by atoms with Gasteiger partial charge < -0.3 is 25.4 Å². The minimum Gasteiger partial charge on any atom is -0.651 e. The summed E-state index contributed by atoms with van der Waals surface area (Å²) in [7, 11) is 0. The molecule has 0 aromatic carbocycles. The van der Waals surface area contributed by atoms with Crippen LogP contribution < -0.4 is 0 Å². The summed E-state index contributed by atoms with van der Waals surface area (Å²) in [6, 6.07) is 0. The molecule has 0 amide bonds. The van der Waals surface area contributed by atoms with Gasteiger partial charge in [-0.25, -0.2) is 0 Å². The monoisotopic (exact) mass is 459 g/mol. The van der Waals surface area contributed by atoms with E-state index in [1.165, 1.54) is 0 Å². The van der Waals surface area contributed by atoms with Crippen molar-refractivity contribution in [2.24, 2.45) is 0 Å². The number of aliphatic hydroxyl groups excluding tert-OH is 3. The van der Waals surface area contributed by atoms with E-state index in [9.17, 15) is 20.2 Å². The number of hydrogen-bond acceptors (Lipinski definition) is 9. The molecule has 1 heterocycles. The molecule has 0 bridgehead atoms. The van der Waals surface area contributed by atoms with Gasteiger partial charge in [0.25, 0.3) is 5.54 Å². The van der Waals surface area contributed by atoms with Crippen LogP contribution in [0.5, 0.6) is 0 Å². The zero-order chi connectivity index (χ0) is 23.1. The molecule has 13 heteroatoms. The molecule has 1 fully saturated rings. The average Bonchev–Trinajstić information content (AvgIpc) is 2.61. The molecule has 0 radical (unpaired) electrons. The Morgan fingerprint density at radius 1 is 1.07 bits per heavy atom. The summed E-state index contributed by atoms with van der Waals surface area (Å²) in [5.74, 6) is 0. The summed E-state index contributed by atoms with van der Waals surface area (Å²) in [6.07, 6.45) is 0. The van der Waals surface area contributed by atoms with Gasteiger partial charge in [0.2, 0.25) is 5.54 Å². The molecular formula is C17H36ClN4O8-. The lowest BCUT2D eigenvalue weighted by Crippen LogP contribution is -2.62. The number of aliphatic hydroxyl groups is 3. The van der Waals surface area contributed by atoms with E-state index in [1.54, 1.807) is 20.8 Å². The highest BCUT2D eigenvalue weighted by Gasteiger charge is 2.49. The van der Waals surface area contributed by atoms with Crippen LogP contribution in [0.3, 0.4) is 0 Å². The number of nitrogens with zero attached hydrogens (tertiary/aromatic N) is 4. The van der Waals surface area contributed by atoms with Crippen LogP contribution in [0.4, 0.5) is 0 Å². The van der Waals surface area contributed by atoms with Crippen LogP contribution in [0.25, 0.3) is 5.32 Å². The molecule has 0 aliphatic carbocycles. The normalized spacial score (nSPS) is 20.6. The fourth-order valence-corrected chi connectivity index (χ4v) is 2.19. The lowest BCUT2D eigenvalue weighted by atomic mass is 9.97. The molecule has 1 aliphatic rings. The molecule has 3 N–H and O–H groups in total. The van der Waals surface area contributed by atoms with Gasteiger partial charge in [-0.2, -0.15) is 0 Å². The lowest BCUT2D eigenvalue weighted by Gasteiger charge is -2.42. The third kappa shape index (κ3) is 8.92. The van der Waals surface area contributed by atoms with Gasteiger partial charge in [0.05, 0.1) is 6.54 Å². The Morgan fingerprint density at radius 2 is 1.57 bits per heavy atom. The van der Waals surface area contributed by atoms with Gasteiger partial charge in [0.1, 0.15) is 33.2 Å². The van der Waals surface area contributed by atoms with Gasteiger partial charge in [0.15, 0.2) is 0 Å². The summed E-state index contributed by atoms with van der Waals surface area (Å²) in [5.41, 5.74) is -3.72. The summed E-state index contributed by atoms with van der Waals surface area (Å²) in [5, 5.41) is 52.5. The van der Waals surface area contributed by atoms with Gasteiger partial charge in [-0.15, -0.1) is 17.9 Å². The molecule has 0 aromatic rings. The molecule has 0 saturated carbocycles. The maximum absolute atomic E-state index is 10.9. The smallest absolute Gasteiger partial charge is 0.280 e. The second-order valence-electron chi connectivity index (χ2n) is 9.27. The first kappa shape index (κ1) is 31.0. The number of ether oxygens (including phenoxy) is 1. The summed E-state index contributed by atoms with van der Waals surface area (Å²) < 4.78 is 5.20. The minimum atomic E-state index is -1.74. The highest BCUT2D eigenvalue weighted by molar-refractivity contribution is 5.85. The number of hydrogen-bond donors (Lipinski definition) is 3. The molecule has 180 valence electrons. The van der Waals surface area contributed by atoms with Gasteiger partial charge in [-0.3, -0.25) is 25.1 Å². The van der Waals surface area contributed by atoms with Crippen LogP contribution in [-0.4, -0.2) is 98.5 Å². The second kappa shape index (κ2) is 12.0. The molecule has 0 spiro atoms. The maximum atomic E-state index is 10.9. The van der Waals surface area contributed by atoms with Gasteiger partial charge >= 0.3 is 0 Å². The zero-order valence-corrected chi connectivity index (χ0v) is 19.3. The van der Waals surface area contributed by atoms with Crippen molar-refractivity contribution in [3.63, 3.8) is 0 Å². The largest absolute Gasteiger partial charge is 0.651 e. The maximum Gasteiger partial charge on any atom is 0.280 e. The van der Waals surface area contributed by atoms with Crippen molar-refractivity contribution >= 4 is 12.4 Å². The molecule has 12 nitrogen and oxygen atoms in total. The van der Waals surface area contributed by atoms with E-state index in [2.05, 4.69) is 5.32 Å². The third-order valence-corrected chi connectivity index (χ3v) is 4.56. The first-order chi connectivity index (χ1) is 13.1. The molecule has 0 aromatic heterocycles. The number of rotatable bonds is 7. The second-order valence-corrected chi connectivity index (χ2v) is 9.27. The van der Waals surface area contributed by atoms with E-state index in [0.717, 1.165) is 0 Å². The van der Waals surface area contributed by atoms with E-state index in [-0.39, 0.29) is 37.6 Å². The van der Waals surface area contributed by atoms with E-state index in [0.29, 0.717) is 6.73 Å². The Balaban J connectivity index is 0. The van der Waals surface area contributed by atoms with Crippen LogP contribution in [0.1, 0.15) is 41.5 Å². The van der Waals surface area contributed by atoms with Gasteiger partial charge in [-0.1, -0.05) is 27.3 Å². The van der Waals surface area contributed by atoms with Crippen LogP contribution >= 0.6 is 12.4 Å². The SMILES string of the molecule is CC(C)(C)N1COCC(CO)([N+](=O)[O-])C1.CC(C)(C)[N-]CC(CO)(CO)[N+](=O)[O-].Cl. The van der Waals surface area contributed by atoms with E-state index in [4.69, 9.17) is 20.1 Å². The topological polar surface area (TPSA) is 174 Å². The highest BCUT2D eigenvalue weighted by atomic mass is 35.5. The molecule has 30 heavy (non-hydrogen) atoms. The Morgan fingerprint density at radius 3 is 1.87 bits per heavy atom. The van der Waals surface area contributed by atoms with Crippen molar-refractivity contribution in [2.75, 3.05) is 46.2 Å². The zero-order valence-electron chi connectivity index (χ0n) is 18.5. The van der Waals surface area contributed by atoms with Crippen molar-refractivity contribution in [1.29, 1.82) is 0 Å². The van der Waals surface area contributed by atoms with E-state index >= 15 is 0 Å². The van der Waals surface area contributed by atoms with Gasteiger partial charge in [0, 0.05) is 15.4 Å². The molecular weight excluding hydrogens is 424 g/mol. The first-order valence-electron chi connectivity index (χ1n) is 9.22. The van der Waals surface area contributed by atoms with E-state index in [1.807, 2.05) is 25.7 Å². The third-order valence-electron chi connectivity index (χ3n) is 4.56. The molecule has 1 unspecified atom stereocenters. The fourth-order valence-electron chi connectivity index (χ4n) is 2.19. The predicted octanol–water partition coefficient (Wildman–Crippen LogP) is 0.663. The van der Waals surface area contributed by atoms with Crippen molar-refractivity contribution < 1.29 is 29.9 Å². The lowest BCUT2D eigenvalue weighted by molar-refractivity contribution is -0.585. The number of nitro groups is 2. The molecule has 1 saturated heterocycles. The Labute approximate surface area is 183 Å². The predicted molar refractivity (Wildman–Crippen MR) is 113 cm³/mol. The van der Waals surface area contributed by atoms with Crippen molar-refractivity contribution in [3.05, 3.63) is 25.5 Å². The minimum absolute atomic E-state index is 0. The Hall–Kier alpha value is -1.15. The van der Waals surface area contributed by atoms with E-state index < -0.39 is 46.3 Å². The van der Waals surface area contributed by atoms with Crippen molar-refractivity contribution in [3.8, 4) is 0 Å². The molecule has 1 rings (SSSR count). The quantitative estimate of drug-likeness (QED) is 0.365. The number of halogens is 1. The van der Waals surface area contributed by atoms with Crippen LogP contribution in [-0.2, 0) is 4.74 Å². The first-order valence-corrected chi connectivity index (χ1v) is 9.22. The Kier molecular flexibility index (Phi) is 12.4. The fraction of sp³-hybridized carbons (Fsp3) is 1.00. The summed E-state index contributed by atoms with van der Waals surface area (Å²) in [6.45, 7) is 9.75.